The average Bonchev–Trinajstić information content (AvgIpc) is 3.94. The quantitative estimate of drug-likeness (QED) is 0.0499. The number of imide groups is 2. The minimum Gasteiger partial charge on any atom is -0.486 e. The summed E-state index contributed by atoms with van der Waals surface area (Å²) in [6.45, 7) is 0.396. The van der Waals surface area contributed by atoms with E-state index in [1.807, 2.05) is 0 Å². The van der Waals surface area contributed by atoms with Crippen LogP contribution in [0.2, 0.25) is 0 Å². The lowest BCUT2D eigenvalue weighted by atomic mass is 9.94. The molecule has 6 amide bonds. The van der Waals surface area contributed by atoms with Gasteiger partial charge in [0.15, 0.2) is 0 Å². The van der Waals surface area contributed by atoms with E-state index in [-0.39, 0.29) is 87.8 Å². The third-order valence-electron chi connectivity index (χ3n) is 11.5. The van der Waals surface area contributed by atoms with Crippen molar-refractivity contribution in [2.75, 3.05) is 11.9 Å². The van der Waals surface area contributed by atoms with E-state index in [1.165, 1.54) is 35.1 Å². The Bertz CT molecular complexity index is 2990. The second-order valence-corrected chi connectivity index (χ2v) is 16.2. The fourth-order valence-electron chi connectivity index (χ4n) is 8.01. The smallest absolute Gasteiger partial charge is 0.417 e. The van der Waals surface area contributed by atoms with Crippen LogP contribution in [0.5, 0.6) is 5.75 Å². The molecule has 1 saturated heterocycles. The number of fused-ring (bicyclic) bond motifs is 2. The highest BCUT2D eigenvalue weighted by molar-refractivity contribution is 6.24. The highest BCUT2D eigenvalue weighted by atomic mass is 19.4. The molecule has 67 heavy (non-hydrogen) atoms. The van der Waals surface area contributed by atoms with E-state index >= 15 is 4.39 Å². The van der Waals surface area contributed by atoms with Gasteiger partial charge < -0.3 is 20.7 Å². The van der Waals surface area contributed by atoms with Gasteiger partial charge in [0.1, 0.15) is 29.9 Å². The van der Waals surface area contributed by atoms with Gasteiger partial charge in [-0.15, -0.1) is 5.10 Å². The summed E-state index contributed by atoms with van der Waals surface area (Å²) in [5, 5.41) is 19.2. The van der Waals surface area contributed by atoms with Gasteiger partial charge in [-0.2, -0.15) is 13.2 Å². The Balaban J connectivity index is 0.824. The SMILES string of the molecule is O=C1CCC(N2C(=O)c3cccc(OCc4cn(CCCCNC(=O)c5ccc(-c6cc7c(Nc8ccccc8)c(C(=O)NC8CC8)cnc7cc6C(F)(F)F)cc5F)nn4)c3C2=O)C(=O)N1. The predicted octanol–water partition coefficient (Wildman–Crippen LogP) is 6.48. The number of nitrogens with zero attached hydrogens (tertiary/aromatic N) is 5. The topological polar surface area (TPSA) is 207 Å². The van der Waals surface area contributed by atoms with Crippen molar-refractivity contribution in [3.8, 4) is 16.9 Å². The zero-order valence-corrected chi connectivity index (χ0v) is 35.3. The highest BCUT2D eigenvalue weighted by Gasteiger charge is 2.46. The van der Waals surface area contributed by atoms with Crippen molar-refractivity contribution < 1.29 is 51.1 Å². The molecule has 4 heterocycles. The Morgan fingerprint density at radius 3 is 2.42 bits per heavy atom. The van der Waals surface area contributed by atoms with Crippen molar-refractivity contribution in [1.29, 1.82) is 0 Å². The number of unbranched alkanes of at least 4 members (excludes halogenated alkanes) is 1. The number of benzene rings is 4. The zero-order valence-electron chi connectivity index (χ0n) is 35.3. The Morgan fingerprint density at radius 1 is 0.866 bits per heavy atom. The molecule has 0 bridgehead atoms. The fraction of sp³-hybridized carbons (Fsp3) is 0.255. The van der Waals surface area contributed by atoms with Gasteiger partial charge in [-0.25, -0.2) is 4.39 Å². The number of halogens is 4. The number of ether oxygens (including phenoxy) is 1. The van der Waals surface area contributed by atoms with E-state index in [0.717, 1.165) is 35.9 Å². The third kappa shape index (κ3) is 9.27. The predicted molar refractivity (Wildman–Crippen MR) is 231 cm³/mol. The van der Waals surface area contributed by atoms with Crippen LogP contribution in [-0.4, -0.2) is 78.9 Å². The van der Waals surface area contributed by atoms with Gasteiger partial charge in [-0.1, -0.05) is 35.5 Å². The van der Waals surface area contributed by atoms with Crippen molar-refractivity contribution in [3.05, 3.63) is 131 Å². The molecule has 2 aromatic heterocycles. The summed E-state index contributed by atoms with van der Waals surface area (Å²) in [5.74, 6) is -4.72. The van der Waals surface area contributed by atoms with Crippen LogP contribution in [0.1, 0.15) is 91.2 Å². The van der Waals surface area contributed by atoms with Gasteiger partial charge in [-0.05, 0) is 91.8 Å². The molecular formula is C47H39F4N9O7. The molecule has 20 heteroatoms. The summed E-state index contributed by atoms with van der Waals surface area (Å²) in [6, 6.07) is 17.5. The van der Waals surface area contributed by atoms with Gasteiger partial charge in [0, 0.05) is 42.8 Å². The van der Waals surface area contributed by atoms with Gasteiger partial charge in [0.25, 0.3) is 23.6 Å². The summed E-state index contributed by atoms with van der Waals surface area (Å²) in [7, 11) is 0. The maximum atomic E-state index is 15.7. The molecule has 1 atom stereocenters. The normalized spacial score (nSPS) is 15.9. The van der Waals surface area contributed by atoms with E-state index in [1.54, 1.807) is 42.6 Å². The number of carbonyl (C=O) groups excluding carboxylic acids is 6. The van der Waals surface area contributed by atoms with Crippen LogP contribution in [0.15, 0.2) is 91.3 Å². The number of nitrogens with one attached hydrogen (secondary N) is 4. The van der Waals surface area contributed by atoms with E-state index in [2.05, 4.69) is 36.6 Å². The summed E-state index contributed by atoms with van der Waals surface area (Å²) in [4.78, 5) is 82.0. The van der Waals surface area contributed by atoms with Crippen molar-refractivity contribution in [3.63, 3.8) is 0 Å². The van der Waals surface area contributed by atoms with Crippen LogP contribution < -0.4 is 26.0 Å². The lowest BCUT2D eigenvalue weighted by Crippen LogP contribution is -2.54. The number of aromatic nitrogens is 4. The number of para-hydroxylation sites is 1. The van der Waals surface area contributed by atoms with Crippen molar-refractivity contribution >= 4 is 57.7 Å². The first-order chi connectivity index (χ1) is 32.2. The maximum Gasteiger partial charge on any atom is 0.417 e. The number of amides is 6. The number of aryl methyl sites for hydroxylation is 1. The van der Waals surface area contributed by atoms with Crippen LogP contribution in [0.25, 0.3) is 22.0 Å². The minimum atomic E-state index is -4.87. The molecule has 0 spiro atoms. The van der Waals surface area contributed by atoms with E-state index in [4.69, 9.17) is 4.74 Å². The summed E-state index contributed by atoms with van der Waals surface area (Å²) >= 11 is 0. The van der Waals surface area contributed by atoms with Gasteiger partial charge >= 0.3 is 6.18 Å². The Kier molecular flexibility index (Phi) is 11.9. The number of hydrogen-bond donors (Lipinski definition) is 4. The second-order valence-electron chi connectivity index (χ2n) is 16.2. The van der Waals surface area contributed by atoms with Crippen molar-refractivity contribution in [2.24, 2.45) is 0 Å². The Hall–Kier alpha value is -8.03. The Morgan fingerprint density at radius 2 is 1.67 bits per heavy atom. The molecule has 0 radical (unpaired) electrons. The molecule has 2 aliphatic heterocycles. The molecule has 4 N–H and O–H groups in total. The van der Waals surface area contributed by atoms with Gasteiger partial charge in [0.05, 0.1) is 45.2 Å². The largest absolute Gasteiger partial charge is 0.486 e. The number of pyridine rings is 1. The molecule has 1 saturated carbocycles. The number of rotatable bonds is 15. The summed E-state index contributed by atoms with van der Waals surface area (Å²) in [5.41, 5.74) is -0.622. The molecule has 1 aliphatic carbocycles. The van der Waals surface area contributed by atoms with Crippen LogP contribution in [0.3, 0.4) is 0 Å². The maximum absolute atomic E-state index is 15.7. The van der Waals surface area contributed by atoms with Crippen molar-refractivity contribution in [2.45, 2.75) is 69.9 Å². The number of alkyl halides is 3. The first kappa shape index (κ1) is 44.2. The van der Waals surface area contributed by atoms with Crippen molar-refractivity contribution in [1.82, 2.24) is 40.8 Å². The first-order valence-corrected chi connectivity index (χ1v) is 21.3. The lowest BCUT2D eigenvalue weighted by molar-refractivity contribution is -0.137. The van der Waals surface area contributed by atoms with Crippen LogP contribution in [0, 0.1) is 5.82 Å². The van der Waals surface area contributed by atoms with Gasteiger partial charge in [-0.3, -0.25) is 48.6 Å². The number of anilines is 2. The summed E-state index contributed by atoms with van der Waals surface area (Å²) < 4.78 is 66.9. The number of piperidine rings is 1. The minimum absolute atomic E-state index is 0.00272. The summed E-state index contributed by atoms with van der Waals surface area (Å²) in [6.07, 6.45) is 0.547. The second kappa shape index (κ2) is 18.1. The van der Waals surface area contributed by atoms with E-state index in [0.29, 0.717) is 30.8 Å². The van der Waals surface area contributed by atoms with Gasteiger partial charge in [0.2, 0.25) is 11.8 Å². The standard InChI is InChI=1S/C47H39F4N9O7/c48-35-19-25(31-20-32-36(21-34(31)47(49,50)51)53-22-33(43(63)55-27-12-13-27)41(32)54-26-7-2-1-3-8-26)11-14-29(35)42(62)52-17-4-5-18-59-23-28(57-58-59)24-67-38-10-6-9-30-40(38)46(66)60(45(30)65)37-15-16-39(61)56-44(37)64/h1-3,6-11,14,19-23,27,37H,4-5,12-13,15-18,24H2,(H,52,62)(H,53,54)(H,55,63)(H,56,61,64). The third-order valence-corrected chi connectivity index (χ3v) is 11.5. The molecular weight excluding hydrogens is 879 g/mol. The Labute approximate surface area is 378 Å². The van der Waals surface area contributed by atoms with Crippen LogP contribution >= 0.6 is 0 Å². The number of hydrogen-bond acceptors (Lipinski definition) is 11. The molecule has 342 valence electrons. The monoisotopic (exact) mass is 917 g/mol. The average molecular weight is 918 g/mol. The molecule has 16 nitrogen and oxygen atoms in total. The molecule has 2 fully saturated rings. The highest BCUT2D eigenvalue weighted by Crippen LogP contribution is 2.42. The molecule has 4 aromatic carbocycles. The number of carbonyl (C=O) groups is 6. The van der Waals surface area contributed by atoms with Crippen LogP contribution in [-0.2, 0) is 28.9 Å². The first-order valence-electron chi connectivity index (χ1n) is 21.3. The molecule has 3 aliphatic rings. The molecule has 9 rings (SSSR count). The molecule has 1 unspecified atom stereocenters. The molecule has 6 aromatic rings. The lowest BCUT2D eigenvalue weighted by Gasteiger charge is -2.27. The van der Waals surface area contributed by atoms with E-state index < -0.39 is 59.0 Å². The zero-order chi connectivity index (χ0) is 47.0. The van der Waals surface area contributed by atoms with Crippen LogP contribution in [0.4, 0.5) is 28.9 Å². The van der Waals surface area contributed by atoms with E-state index in [9.17, 15) is 41.9 Å². The fourth-order valence-corrected chi connectivity index (χ4v) is 8.01.